The normalized spacial score (nSPS) is 10.7. The van der Waals surface area contributed by atoms with E-state index in [0.29, 0.717) is 12.2 Å². The number of nitrogens with one attached hydrogen (secondary N) is 1. The maximum Gasteiger partial charge on any atom is 0.138 e. The molecule has 0 saturated carbocycles. The van der Waals surface area contributed by atoms with E-state index in [1.807, 2.05) is 13.0 Å². The van der Waals surface area contributed by atoms with Gasteiger partial charge in [-0.15, -0.1) is 11.3 Å². The van der Waals surface area contributed by atoms with Gasteiger partial charge in [-0.25, -0.2) is 0 Å². The van der Waals surface area contributed by atoms with E-state index < -0.39 is 0 Å². The summed E-state index contributed by atoms with van der Waals surface area (Å²) in [7, 11) is 0. The molecule has 2 rings (SSSR count). The lowest BCUT2D eigenvalue weighted by atomic mass is 10.3. The molecule has 0 atom stereocenters. The topological polar surface area (TPSA) is 45.1 Å². The van der Waals surface area contributed by atoms with Crippen LogP contribution in [0.25, 0.3) is 0 Å². The molecule has 0 spiro atoms. The molecular weight excluding hydrogens is 300 g/mol. The van der Waals surface area contributed by atoms with Crippen LogP contribution >= 0.6 is 27.3 Å². The molecule has 2 aromatic heterocycles. The highest BCUT2D eigenvalue weighted by Gasteiger charge is 2.03. The Labute approximate surface area is 113 Å². The Hall–Kier alpha value is -0.910. The number of hydrogen-bond donors (Lipinski definition) is 2. The molecule has 90 valence electrons. The van der Waals surface area contributed by atoms with Gasteiger partial charge in [0.05, 0.1) is 9.48 Å². The highest BCUT2D eigenvalue weighted by atomic mass is 79.9. The fourth-order valence-corrected chi connectivity index (χ4v) is 2.94. The van der Waals surface area contributed by atoms with Crippen LogP contribution in [0.1, 0.15) is 16.3 Å². The number of nitrogens with zero attached hydrogens (tertiary/aromatic N) is 1. The Morgan fingerprint density at radius 3 is 2.82 bits per heavy atom. The van der Waals surface area contributed by atoms with Gasteiger partial charge in [-0.3, -0.25) is 4.98 Å². The lowest BCUT2D eigenvalue weighted by molar-refractivity contribution is 0.459. The van der Waals surface area contributed by atoms with Crippen molar-refractivity contribution in [2.75, 3.05) is 0 Å². The van der Waals surface area contributed by atoms with Crippen molar-refractivity contribution in [3.05, 3.63) is 44.3 Å². The Bertz CT molecular complexity index is 513. The molecule has 0 aliphatic heterocycles. The smallest absolute Gasteiger partial charge is 0.138 e. The summed E-state index contributed by atoms with van der Waals surface area (Å²) in [5.74, 6) is 0.246. The molecule has 5 heteroatoms. The van der Waals surface area contributed by atoms with Crippen LogP contribution in [0.2, 0.25) is 0 Å². The summed E-state index contributed by atoms with van der Waals surface area (Å²) in [5, 5.41) is 12.9. The van der Waals surface area contributed by atoms with E-state index in [9.17, 15) is 5.11 Å². The largest absolute Gasteiger partial charge is 0.506 e. The molecule has 0 unspecified atom stereocenters. The lowest BCUT2D eigenvalue weighted by Gasteiger charge is -2.05. The predicted octanol–water partition coefficient (Wildman–Crippen LogP) is 3.21. The van der Waals surface area contributed by atoms with Crippen LogP contribution in [-0.2, 0) is 13.1 Å². The third kappa shape index (κ3) is 3.52. The van der Waals surface area contributed by atoms with Gasteiger partial charge in [-0.05, 0) is 47.1 Å². The number of pyridine rings is 1. The molecule has 0 fully saturated rings. The van der Waals surface area contributed by atoms with Crippen molar-refractivity contribution in [2.24, 2.45) is 0 Å². The third-order valence-corrected chi connectivity index (χ3v) is 3.93. The van der Waals surface area contributed by atoms with Crippen LogP contribution in [0.15, 0.2) is 28.1 Å². The van der Waals surface area contributed by atoms with Crippen molar-refractivity contribution >= 4 is 27.3 Å². The fraction of sp³-hybridized carbons (Fsp3) is 0.250. The number of hydrogen-bond acceptors (Lipinski definition) is 4. The van der Waals surface area contributed by atoms with Gasteiger partial charge in [0.25, 0.3) is 0 Å². The van der Waals surface area contributed by atoms with Crippen LogP contribution in [-0.4, -0.2) is 10.1 Å². The summed E-state index contributed by atoms with van der Waals surface area (Å²) in [4.78, 5) is 5.54. The highest BCUT2D eigenvalue weighted by molar-refractivity contribution is 9.11. The third-order valence-electron chi connectivity index (χ3n) is 2.31. The number of thiophene rings is 1. The van der Waals surface area contributed by atoms with E-state index in [1.54, 1.807) is 23.5 Å². The number of aryl methyl sites for hydroxylation is 1. The Balaban J connectivity index is 1.91. The molecule has 0 amide bonds. The summed E-state index contributed by atoms with van der Waals surface area (Å²) in [5.41, 5.74) is 1.61. The van der Waals surface area contributed by atoms with Gasteiger partial charge in [0.2, 0.25) is 0 Å². The van der Waals surface area contributed by atoms with E-state index in [-0.39, 0.29) is 5.75 Å². The maximum absolute atomic E-state index is 9.63. The first-order valence-corrected chi connectivity index (χ1v) is 6.86. The summed E-state index contributed by atoms with van der Waals surface area (Å²) >= 11 is 5.13. The molecule has 3 nitrogen and oxygen atoms in total. The van der Waals surface area contributed by atoms with E-state index >= 15 is 0 Å². The first kappa shape index (κ1) is 12.5. The van der Waals surface area contributed by atoms with Crippen molar-refractivity contribution in [1.29, 1.82) is 0 Å². The summed E-state index contributed by atoms with van der Waals surface area (Å²) in [6.07, 6.45) is 0. The average molecular weight is 313 g/mol. The number of rotatable bonds is 4. The molecule has 0 aliphatic carbocycles. The second-order valence-electron chi connectivity index (χ2n) is 3.73. The molecule has 2 aromatic rings. The predicted molar refractivity (Wildman–Crippen MR) is 73.2 cm³/mol. The van der Waals surface area contributed by atoms with E-state index in [0.717, 1.165) is 16.0 Å². The van der Waals surface area contributed by atoms with Crippen LogP contribution < -0.4 is 5.32 Å². The van der Waals surface area contributed by atoms with Gasteiger partial charge in [0.1, 0.15) is 5.75 Å². The first-order chi connectivity index (χ1) is 8.15. The van der Waals surface area contributed by atoms with Crippen LogP contribution in [0, 0.1) is 6.92 Å². The minimum absolute atomic E-state index is 0.246. The van der Waals surface area contributed by atoms with E-state index in [1.165, 1.54) is 4.88 Å². The van der Waals surface area contributed by atoms with Crippen molar-refractivity contribution in [3.63, 3.8) is 0 Å². The zero-order chi connectivity index (χ0) is 12.3. The van der Waals surface area contributed by atoms with Crippen LogP contribution in [0.5, 0.6) is 5.75 Å². The second kappa shape index (κ2) is 5.62. The zero-order valence-electron chi connectivity index (χ0n) is 9.40. The van der Waals surface area contributed by atoms with E-state index in [2.05, 4.69) is 32.3 Å². The molecular formula is C12H13BrN2OS. The quantitative estimate of drug-likeness (QED) is 0.911. The average Bonchev–Trinajstić information content (AvgIpc) is 2.69. The van der Waals surface area contributed by atoms with E-state index in [4.69, 9.17) is 0 Å². The Kier molecular flexibility index (Phi) is 4.15. The fourth-order valence-electron chi connectivity index (χ4n) is 1.48. The van der Waals surface area contributed by atoms with Crippen LogP contribution in [0.3, 0.4) is 0 Å². The molecule has 2 heterocycles. The Morgan fingerprint density at radius 2 is 2.12 bits per heavy atom. The minimum atomic E-state index is 0.246. The van der Waals surface area contributed by atoms with Gasteiger partial charge in [0, 0.05) is 23.7 Å². The standard InChI is InChI=1S/C12H13BrN2OS/c1-8-2-4-11(16)10(15-8)7-14-6-9-3-5-12(13)17-9/h2-5,14,16H,6-7H2,1H3. The highest BCUT2D eigenvalue weighted by Crippen LogP contribution is 2.22. The molecule has 0 saturated heterocycles. The van der Waals surface area contributed by atoms with Crippen molar-refractivity contribution in [1.82, 2.24) is 10.3 Å². The van der Waals surface area contributed by atoms with Crippen molar-refractivity contribution in [2.45, 2.75) is 20.0 Å². The minimum Gasteiger partial charge on any atom is -0.506 e. The van der Waals surface area contributed by atoms with Gasteiger partial charge < -0.3 is 10.4 Å². The molecule has 2 N–H and O–H groups in total. The van der Waals surface area contributed by atoms with Crippen molar-refractivity contribution in [3.8, 4) is 5.75 Å². The SMILES string of the molecule is Cc1ccc(O)c(CNCc2ccc(Br)s2)n1. The van der Waals surface area contributed by atoms with Gasteiger partial charge in [-0.2, -0.15) is 0 Å². The second-order valence-corrected chi connectivity index (χ2v) is 6.28. The van der Waals surface area contributed by atoms with Crippen molar-refractivity contribution < 1.29 is 5.11 Å². The molecule has 0 bridgehead atoms. The number of aromatic nitrogens is 1. The number of aromatic hydroxyl groups is 1. The lowest BCUT2D eigenvalue weighted by Crippen LogP contribution is -2.13. The van der Waals surface area contributed by atoms with Gasteiger partial charge in [0.15, 0.2) is 0 Å². The molecule has 0 radical (unpaired) electrons. The monoisotopic (exact) mass is 312 g/mol. The summed E-state index contributed by atoms with van der Waals surface area (Å²) < 4.78 is 1.13. The van der Waals surface area contributed by atoms with Gasteiger partial charge in [-0.1, -0.05) is 0 Å². The van der Waals surface area contributed by atoms with Crippen LogP contribution in [0.4, 0.5) is 0 Å². The number of halogens is 1. The van der Waals surface area contributed by atoms with Gasteiger partial charge >= 0.3 is 0 Å². The molecule has 17 heavy (non-hydrogen) atoms. The molecule has 0 aliphatic rings. The first-order valence-electron chi connectivity index (χ1n) is 5.25. The zero-order valence-corrected chi connectivity index (χ0v) is 11.8. The molecule has 0 aromatic carbocycles. The Morgan fingerprint density at radius 1 is 1.29 bits per heavy atom. The maximum atomic E-state index is 9.63. The summed E-state index contributed by atoms with van der Waals surface area (Å²) in [6, 6.07) is 7.59. The summed E-state index contributed by atoms with van der Waals surface area (Å²) in [6.45, 7) is 3.27.